The summed E-state index contributed by atoms with van der Waals surface area (Å²) < 4.78 is 12.1. The first-order valence-electron chi connectivity index (χ1n) is 17.5. The summed E-state index contributed by atoms with van der Waals surface area (Å²) in [6.07, 6.45) is 3.84. The van der Waals surface area contributed by atoms with Gasteiger partial charge in [0.05, 0.1) is 24.2 Å². The summed E-state index contributed by atoms with van der Waals surface area (Å²) in [6.45, 7) is 7.00. The third kappa shape index (κ3) is 7.13. The van der Waals surface area contributed by atoms with Crippen molar-refractivity contribution in [2.45, 2.75) is 64.3 Å². The molecule has 0 N–H and O–H groups in total. The Morgan fingerprint density at radius 3 is 2.57 bits per heavy atom. The molecule has 2 atom stereocenters. The van der Waals surface area contributed by atoms with Gasteiger partial charge >= 0.3 is 12.1 Å². The summed E-state index contributed by atoms with van der Waals surface area (Å²) in [5.41, 5.74) is 5.50. The lowest BCUT2D eigenvalue weighted by Crippen LogP contribution is -2.55. The number of fused-ring (bicyclic) bond motifs is 2. The van der Waals surface area contributed by atoms with Crippen LogP contribution < -0.4 is 14.5 Å². The zero-order valence-corrected chi connectivity index (χ0v) is 28.6. The summed E-state index contributed by atoms with van der Waals surface area (Å²) in [4.78, 5) is 32.2. The summed E-state index contributed by atoms with van der Waals surface area (Å²) in [5.74, 6) is 0.837. The van der Waals surface area contributed by atoms with Crippen LogP contribution >= 0.6 is 0 Å². The van der Waals surface area contributed by atoms with E-state index in [2.05, 4.69) is 71.1 Å². The van der Waals surface area contributed by atoms with Crippen molar-refractivity contribution in [3.63, 3.8) is 0 Å². The molecule has 0 saturated carbocycles. The average Bonchev–Trinajstić information content (AvgIpc) is 3.41. The van der Waals surface area contributed by atoms with E-state index in [9.17, 15) is 10.1 Å². The molecule has 3 aliphatic rings. The fourth-order valence-corrected chi connectivity index (χ4v) is 7.60. The lowest BCUT2D eigenvalue weighted by molar-refractivity contribution is 0.0767. The van der Waals surface area contributed by atoms with E-state index in [-0.39, 0.29) is 19.1 Å². The zero-order valence-electron chi connectivity index (χ0n) is 28.6. The predicted octanol–water partition coefficient (Wildman–Crippen LogP) is 6.11. The Balaban J connectivity index is 1.19. The molecule has 1 amide bonds. The molecule has 0 spiro atoms. The molecule has 49 heavy (non-hydrogen) atoms. The van der Waals surface area contributed by atoms with Crippen LogP contribution in [0.2, 0.25) is 0 Å². The number of aromatic nitrogens is 2. The molecule has 2 fully saturated rings. The minimum Gasteiger partial charge on any atom is -0.462 e. The van der Waals surface area contributed by atoms with Crippen LogP contribution in [0.4, 0.5) is 16.3 Å². The van der Waals surface area contributed by atoms with Gasteiger partial charge in [-0.05, 0) is 68.8 Å². The van der Waals surface area contributed by atoms with E-state index in [4.69, 9.17) is 19.4 Å². The molecular weight excluding hydrogens is 614 g/mol. The van der Waals surface area contributed by atoms with Gasteiger partial charge in [-0.15, -0.1) is 0 Å². The number of likely N-dealkylation sites (tertiary alicyclic amines) is 1. The Bertz CT molecular complexity index is 1820. The van der Waals surface area contributed by atoms with E-state index in [0.717, 1.165) is 55.0 Å². The summed E-state index contributed by atoms with van der Waals surface area (Å²) in [7, 11) is 2.15. The molecule has 0 unspecified atom stereocenters. The first-order chi connectivity index (χ1) is 24.0. The molecule has 3 aromatic carbocycles. The molecule has 0 bridgehead atoms. The number of likely N-dealkylation sites (N-methyl/N-ethyl adjacent to an activating group) is 1. The van der Waals surface area contributed by atoms with Gasteiger partial charge in [-0.3, -0.25) is 0 Å². The van der Waals surface area contributed by atoms with Crippen molar-refractivity contribution in [2.24, 2.45) is 0 Å². The summed E-state index contributed by atoms with van der Waals surface area (Å²) in [5, 5.41) is 12.3. The highest BCUT2D eigenvalue weighted by Crippen LogP contribution is 2.36. The first kappa shape index (κ1) is 32.7. The van der Waals surface area contributed by atoms with Crippen molar-refractivity contribution in [1.29, 1.82) is 5.26 Å². The van der Waals surface area contributed by atoms with Crippen LogP contribution in [0.15, 0.2) is 66.7 Å². The third-order valence-electron chi connectivity index (χ3n) is 10.3. The van der Waals surface area contributed by atoms with Gasteiger partial charge in [-0.1, -0.05) is 60.7 Å². The fourth-order valence-electron chi connectivity index (χ4n) is 7.60. The van der Waals surface area contributed by atoms with Crippen LogP contribution in [0.3, 0.4) is 0 Å². The Hall–Kier alpha value is -4.88. The maximum Gasteiger partial charge on any atom is 0.410 e. The van der Waals surface area contributed by atoms with Gasteiger partial charge in [-0.25, -0.2) is 4.79 Å². The molecule has 0 aliphatic carbocycles. The molecular formula is C39H45N7O3. The van der Waals surface area contributed by atoms with Gasteiger partial charge in [0.2, 0.25) is 0 Å². The van der Waals surface area contributed by atoms with E-state index in [1.54, 1.807) is 4.90 Å². The van der Waals surface area contributed by atoms with Gasteiger partial charge in [0.1, 0.15) is 19.0 Å². The number of aryl methyl sites for hydroxylation is 2. The van der Waals surface area contributed by atoms with E-state index < -0.39 is 6.09 Å². The van der Waals surface area contributed by atoms with Crippen molar-refractivity contribution >= 4 is 28.4 Å². The summed E-state index contributed by atoms with van der Waals surface area (Å²) in [6, 6.07) is 25.4. The lowest BCUT2D eigenvalue weighted by atomic mass is 10.0. The number of hydrogen-bond acceptors (Lipinski definition) is 9. The number of rotatable bonds is 8. The van der Waals surface area contributed by atoms with Crippen molar-refractivity contribution in [1.82, 2.24) is 19.8 Å². The van der Waals surface area contributed by atoms with Crippen molar-refractivity contribution in [2.75, 3.05) is 56.2 Å². The van der Waals surface area contributed by atoms with Crippen molar-refractivity contribution in [3.05, 3.63) is 89.1 Å². The number of hydrogen-bond donors (Lipinski definition) is 0. The number of carbonyl (C=O) groups is 1. The van der Waals surface area contributed by atoms with Gasteiger partial charge in [0.25, 0.3) is 0 Å². The monoisotopic (exact) mass is 659 g/mol. The van der Waals surface area contributed by atoms with Gasteiger partial charge in [0, 0.05) is 55.4 Å². The maximum atomic E-state index is 13.3. The lowest BCUT2D eigenvalue weighted by Gasteiger charge is -2.41. The topological polar surface area (TPSA) is 98.1 Å². The molecule has 4 heterocycles. The van der Waals surface area contributed by atoms with Gasteiger partial charge < -0.3 is 29.1 Å². The first-order valence-corrected chi connectivity index (χ1v) is 17.5. The Morgan fingerprint density at radius 2 is 1.78 bits per heavy atom. The van der Waals surface area contributed by atoms with Crippen LogP contribution in [0.1, 0.15) is 48.1 Å². The van der Waals surface area contributed by atoms with Crippen LogP contribution in [0.25, 0.3) is 10.8 Å². The molecule has 4 aromatic rings. The van der Waals surface area contributed by atoms with Crippen molar-refractivity contribution < 1.29 is 14.3 Å². The molecule has 1 aromatic heterocycles. The second-order valence-corrected chi connectivity index (χ2v) is 13.5. The van der Waals surface area contributed by atoms with E-state index >= 15 is 0 Å². The number of benzene rings is 3. The summed E-state index contributed by atoms with van der Waals surface area (Å²) >= 11 is 0. The molecule has 3 aliphatic heterocycles. The smallest absolute Gasteiger partial charge is 0.410 e. The van der Waals surface area contributed by atoms with Gasteiger partial charge in [0.15, 0.2) is 0 Å². The fraction of sp³-hybridized carbons (Fsp3) is 0.436. The largest absolute Gasteiger partial charge is 0.462 e. The Morgan fingerprint density at radius 1 is 0.939 bits per heavy atom. The number of piperazine rings is 1. The highest BCUT2D eigenvalue weighted by atomic mass is 16.6. The zero-order chi connectivity index (χ0) is 33.7. The highest BCUT2D eigenvalue weighted by molar-refractivity contribution is 5.97. The molecule has 10 nitrogen and oxygen atoms in total. The number of anilines is 2. The van der Waals surface area contributed by atoms with Gasteiger partial charge in [-0.2, -0.15) is 15.2 Å². The van der Waals surface area contributed by atoms with Crippen LogP contribution in [-0.2, 0) is 24.3 Å². The van der Waals surface area contributed by atoms with Crippen LogP contribution in [0, 0.1) is 18.3 Å². The second-order valence-electron chi connectivity index (χ2n) is 13.5. The normalized spacial score (nSPS) is 19.7. The molecule has 7 rings (SSSR count). The third-order valence-corrected chi connectivity index (χ3v) is 10.3. The molecule has 10 heteroatoms. The van der Waals surface area contributed by atoms with Crippen LogP contribution in [-0.4, -0.2) is 84.3 Å². The number of nitriles is 1. The number of nitrogens with zero attached hydrogens (tertiary/aromatic N) is 7. The Kier molecular flexibility index (Phi) is 9.80. The molecule has 0 radical (unpaired) electrons. The number of amides is 1. The minimum absolute atomic E-state index is 0.193. The van der Waals surface area contributed by atoms with E-state index in [1.807, 2.05) is 30.3 Å². The number of carbonyl (C=O) groups excluding carboxylic acids is 1. The highest BCUT2D eigenvalue weighted by Gasteiger charge is 2.35. The number of ether oxygens (including phenoxy) is 2. The molecule has 254 valence electrons. The maximum absolute atomic E-state index is 13.3. The van der Waals surface area contributed by atoms with Crippen molar-refractivity contribution in [3.8, 4) is 12.1 Å². The standard InChI is InChI=1S/C39H45N7O3/c1-28-10-6-13-30-14-7-17-35(36(28)30)44-21-9-16-34-33(25-44)37(42-38(41-34)48-27-32-15-8-20-43(32)2)45-22-23-46(31(24-45)18-19-40)39(47)49-26-29-11-4-3-5-12-29/h3-7,10-14,17,31-32H,8-9,15-16,18,20-27H2,1-2H3/t31-,32-/m0/s1. The average molecular weight is 660 g/mol. The SMILES string of the molecule is Cc1cccc2cccc(N3CCCc4nc(OC[C@@H]5CCCN5C)nc(N5CCN(C(=O)OCc6ccccc6)[C@@H](CC#N)C5)c4C3)c12. The van der Waals surface area contributed by atoms with E-state index in [0.29, 0.717) is 44.8 Å². The van der Waals surface area contributed by atoms with E-state index in [1.165, 1.54) is 28.4 Å². The Labute approximate surface area is 288 Å². The predicted molar refractivity (Wildman–Crippen MR) is 191 cm³/mol. The quantitative estimate of drug-likeness (QED) is 0.222. The minimum atomic E-state index is -0.396. The second kappa shape index (κ2) is 14.7. The van der Waals surface area contributed by atoms with Crippen LogP contribution in [0.5, 0.6) is 6.01 Å². The molecule has 2 saturated heterocycles.